The van der Waals surface area contributed by atoms with E-state index in [1.54, 1.807) is 35.6 Å². The van der Waals surface area contributed by atoms with E-state index in [0.29, 0.717) is 10.8 Å². The summed E-state index contributed by atoms with van der Waals surface area (Å²) in [4.78, 5) is 4.91. The van der Waals surface area contributed by atoms with Crippen molar-refractivity contribution >= 4 is 21.2 Å². The van der Waals surface area contributed by atoms with Gasteiger partial charge in [-0.2, -0.15) is 0 Å². The smallest absolute Gasteiger partial charge is 0.175 e. The molecule has 114 valence electrons. The molecule has 0 radical (unpaired) electrons. The third kappa shape index (κ3) is 4.62. The molecule has 0 amide bonds. The number of benzene rings is 1. The number of hydrogen-bond acceptors (Lipinski definition) is 5. The van der Waals surface area contributed by atoms with Crippen LogP contribution in [0.3, 0.4) is 0 Å². The summed E-state index contributed by atoms with van der Waals surface area (Å²) < 4.78 is 22.9. The van der Waals surface area contributed by atoms with Crippen molar-refractivity contribution in [3.05, 3.63) is 34.7 Å². The van der Waals surface area contributed by atoms with Gasteiger partial charge in [0.2, 0.25) is 0 Å². The summed E-state index contributed by atoms with van der Waals surface area (Å²) in [7, 11) is -3.14. The minimum absolute atomic E-state index is 0.334. The first-order chi connectivity index (χ1) is 9.86. The normalized spacial score (nSPS) is 12.0. The molecule has 4 nitrogen and oxygen atoms in total. The maximum absolute atomic E-state index is 11.4. The minimum atomic E-state index is -3.14. The molecular weight excluding hydrogens is 304 g/mol. The number of rotatable bonds is 6. The van der Waals surface area contributed by atoms with Gasteiger partial charge in [0, 0.05) is 23.7 Å². The van der Waals surface area contributed by atoms with Gasteiger partial charge in [0.15, 0.2) is 9.84 Å². The standard InChI is InChI=1S/C15H20N2O2S2/c1-11(2)8-16-9-15-17-14(10-20-15)12-4-6-13(7-5-12)21(3,18)19/h4-7,10-11,16H,8-9H2,1-3H3. The predicted molar refractivity (Wildman–Crippen MR) is 87.2 cm³/mol. The van der Waals surface area contributed by atoms with Crippen molar-refractivity contribution in [1.29, 1.82) is 0 Å². The van der Waals surface area contributed by atoms with Crippen LogP contribution in [-0.4, -0.2) is 26.2 Å². The minimum Gasteiger partial charge on any atom is -0.310 e. The van der Waals surface area contributed by atoms with E-state index < -0.39 is 9.84 Å². The Balaban J connectivity index is 2.07. The van der Waals surface area contributed by atoms with Crippen molar-refractivity contribution < 1.29 is 8.42 Å². The number of aromatic nitrogens is 1. The molecule has 1 N–H and O–H groups in total. The maximum atomic E-state index is 11.4. The zero-order chi connectivity index (χ0) is 15.5. The lowest BCUT2D eigenvalue weighted by molar-refractivity contribution is 0.551. The van der Waals surface area contributed by atoms with E-state index in [1.807, 2.05) is 5.38 Å². The molecule has 0 bridgehead atoms. The summed E-state index contributed by atoms with van der Waals surface area (Å²) in [6, 6.07) is 6.86. The summed E-state index contributed by atoms with van der Waals surface area (Å²) in [5.41, 5.74) is 1.83. The molecule has 1 aromatic carbocycles. The highest BCUT2D eigenvalue weighted by Crippen LogP contribution is 2.23. The summed E-state index contributed by atoms with van der Waals surface area (Å²) in [5.74, 6) is 0.618. The van der Waals surface area contributed by atoms with Gasteiger partial charge >= 0.3 is 0 Å². The van der Waals surface area contributed by atoms with Crippen LogP contribution in [0.5, 0.6) is 0 Å². The molecule has 0 aliphatic rings. The van der Waals surface area contributed by atoms with E-state index >= 15 is 0 Å². The molecule has 0 saturated carbocycles. The molecule has 0 aliphatic heterocycles. The molecule has 0 atom stereocenters. The van der Waals surface area contributed by atoms with E-state index in [2.05, 4.69) is 24.1 Å². The molecule has 0 fully saturated rings. The van der Waals surface area contributed by atoms with E-state index in [0.717, 1.165) is 29.4 Å². The maximum Gasteiger partial charge on any atom is 0.175 e. The monoisotopic (exact) mass is 324 g/mol. The highest BCUT2D eigenvalue weighted by molar-refractivity contribution is 7.90. The Morgan fingerprint density at radius 2 is 1.90 bits per heavy atom. The predicted octanol–water partition coefficient (Wildman–Crippen LogP) is 2.96. The Hall–Kier alpha value is -1.24. The van der Waals surface area contributed by atoms with Crippen LogP contribution in [0.4, 0.5) is 0 Å². The molecule has 0 unspecified atom stereocenters. The molecule has 0 aliphatic carbocycles. The largest absolute Gasteiger partial charge is 0.310 e. The number of nitrogens with one attached hydrogen (secondary N) is 1. The van der Waals surface area contributed by atoms with E-state index in [1.165, 1.54) is 6.26 Å². The van der Waals surface area contributed by atoms with Crippen LogP contribution in [0.15, 0.2) is 34.5 Å². The van der Waals surface area contributed by atoms with E-state index in [4.69, 9.17) is 0 Å². The SMILES string of the molecule is CC(C)CNCc1nc(-c2ccc(S(C)(=O)=O)cc2)cs1. The van der Waals surface area contributed by atoms with Crippen molar-refractivity contribution in [3.63, 3.8) is 0 Å². The van der Waals surface area contributed by atoms with Gasteiger partial charge in [0.25, 0.3) is 0 Å². The van der Waals surface area contributed by atoms with Crippen LogP contribution in [-0.2, 0) is 16.4 Å². The quantitative estimate of drug-likeness (QED) is 0.887. The summed E-state index contributed by atoms with van der Waals surface area (Å²) in [6.07, 6.45) is 1.21. The van der Waals surface area contributed by atoms with Crippen LogP contribution < -0.4 is 5.32 Å². The van der Waals surface area contributed by atoms with Crippen molar-refractivity contribution in [3.8, 4) is 11.3 Å². The van der Waals surface area contributed by atoms with E-state index in [9.17, 15) is 8.42 Å². The molecule has 21 heavy (non-hydrogen) atoms. The van der Waals surface area contributed by atoms with Gasteiger partial charge in [0.1, 0.15) is 5.01 Å². The number of sulfone groups is 1. The Morgan fingerprint density at radius 1 is 1.24 bits per heavy atom. The third-order valence-electron chi connectivity index (χ3n) is 2.96. The van der Waals surface area contributed by atoms with E-state index in [-0.39, 0.29) is 0 Å². The fraction of sp³-hybridized carbons (Fsp3) is 0.400. The van der Waals surface area contributed by atoms with Crippen molar-refractivity contribution in [2.75, 3.05) is 12.8 Å². The van der Waals surface area contributed by atoms with Gasteiger partial charge in [-0.05, 0) is 24.6 Å². The third-order valence-corrected chi connectivity index (χ3v) is 4.94. The summed E-state index contributed by atoms with van der Waals surface area (Å²) in [6.45, 7) is 6.08. The lowest BCUT2D eigenvalue weighted by Crippen LogP contribution is -2.18. The Morgan fingerprint density at radius 3 is 2.48 bits per heavy atom. The van der Waals surface area contributed by atoms with Crippen LogP contribution >= 0.6 is 11.3 Å². The number of nitrogens with zero attached hydrogens (tertiary/aromatic N) is 1. The first kappa shape index (κ1) is 16.1. The van der Waals surface area contributed by atoms with Crippen molar-refractivity contribution in [1.82, 2.24) is 10.3 Å². The second-order valence-electron chi connectivity index (χ2n) is 5.45. The average molecular weight is 324 g/mol. The van der Waals surface area contributed by atoms with Crippen molar-refractivity contribution in [2.24, 2.45) is 5.92 Å². The van der Waals surface area contributed by atoms with Gasteiger partial charge in [-0.1, -0.05) is 26.0 Å². The van der Waals surface area contributed by atoms with Gasteiger partial charge in [-0.25, -0.2) is 13.4 Å². The number of thiazole rings is 1. The molecule has 0 saturated heterocycles. The topological polar surface area (TPSA) is 59.1 Å². The van der Waals surface area contributed by atoms with Crippen LogP contribution in [0.1, 0.15) is 18.9 Å². The molecule has 0 spiro atoms. The average Bonchev–Trinajstić information content (AvgIpc) is 2.86. The first-order valence-corrected chi connectivity index (χ1v) is 9.59. The first-order valence-electron chi connectivity index (χ1n) is 6.82. The van der Waals surface area contributed by atoms with Crippen LogP contribution in [0, 0.1) is 5.92 Å². The van der Waals surface area contributed by atoms with Gasteiger partial charge < -0.3 is 5.32 Å². The second-order valence-corrected chi connectivity index (χ2v) is 8.41. The lowest BCUT2D eigenvalue weighted by Gasteiger charge is -2.04. The second kappa shape index (κ2) is 6.68. The molecule has 6 heteroatoms. The Kier molecular flexibility index (Phi) is 5.13. The van der Waals surface area contributed by atoms with Crippen molar-refractivity contribution in [2.45, 2.75) is 25.3 Å². The molecule has 1 aromatic heterocycles. The molecule has 1 heterocycles. The fourth-order valence-electron chi connectivity index (χ4n) is 1.87. The van der Waals surface area contributed by atoms with Gasteiger partial charge in [-0.15, -0.1) is 11.3 Å². The highest BCUT2D eigenvalue weighted by Gasteiger charge is 2.09. The van der Waals surface area contributed by atoms with Crippen LogP contribution in [0.2, 0.25) is 0 Å². The summed E-state index contributed by atoms with van der Waals surface area (Å²) in [5, 5.41) is 6.41. The lowest BCUT2D eigenvalue weighted by atomic mass is 10.2. The highest BCUT2D eigenvalue weighted by atomic mass is 32.2. The fourth-order valence-corrected chi connectivity index (χ4v) is 3.27. The summed E-state index contributed by atoms with van der Waals surface area (Å²) >= 11 is 1.61. The van der Waals surface area contributed by atoms with Crippen LogP contribution in [0.25, 0.3) is 11.3 Å². The molecular formula is C15H20N2O2S2. The molecule has 2 aromatic rings. The van der Waals surface area contributed by atoms with Gasteiger partial charge in [-0.3, -0.25) is 0 Å². The Bertz CT molecular complexity index is 689. The Labute approximate surface area is 130 Å². The zero-order valence-corrected chi connectivity index (χ0v) is 14.1. The van der Waals surface area contributed by atoms with Gasteiger partial charge in [0.05, 0.1) is 10.6 Å². The zero-order valence-electron chi connectivity index (χ0n) is 12.5. The number of hydrogen-bond donors (Lipinski definition) is 1. The molecule has 2 rings (SSSR count).